The summed E-state index contributed by atoms with van der Waals surface area (Å²) in [6.45, 7) is 16.3. The second-order valence-corrected chi connectivity index (χ2v) is 7.44. The van der Waals surface area contributed by atoms with Crippen LogP contribution in [0.25, 0.3) is 16.6 Å². The van der Waals surface area contributed by atoms with Crippen LogP contribution in [0.5, 0.6) is 0 Å². The number of benzene rings is 1. The number of aromatic nitrogens is 1. The molecule has 6 heteroatoms. The Hall–Kier alpha value is -3.28. The van der Waals surface area contributed by atoms with Crippen molar-refractivity contribution in [2.45, 2.75) is 38.5 Å². The first kappa shape index (κ1) is 24.0. The molecular weight excluding hydrogens is 394 g/mol. The van der Waals surface area contributed by atoms with Crippen LogP contribution in [0, 0.1) is 0 Å². The molecule has 0 fully saturated rings. The number of rotatable bonds is 14. The summed E-state index contributed by atoms with van der Waals surface area (Å²) < 4.78 is 25.6. The van der Waals surface area contributed by atoms with Crippen LogP contribution in [0.3, 0.4) is 0 Å². The van der Waals surface area contributed by atoms with Crippen molar-refractivity contribution in [2.24, 2.45) is 5.73 Å². The number of halogens is 2. The molecule has 1 heterocycles. The molecule has 0 radical (unpaired) electrons. The van der Waals surface area contributed by atoms with Crippen LogP contribution in [0.2, 0.25) is 0 Å². The lowest BCUT2D eigenvalue weighted by atomic mass is 10.1. The summed E-state index contributed by atoms with van der Waals surface area (Å²) in [6.07, 6.45) is 4.62. The van der Waals surface area contributed by atoms with Crippen molar-refractivity contribution in [1.82, 2.24) is 15.6 Å². The van der Waals surface area contributed by atoms with Gasteiger partial charge in [0.05, 0.1) is 17.1 Å². The first-order chi connectivity index (χ1) is 14.8. The molecule has 1 aromatic carbocycles. The van der Waals surface area contributed by atoms with Crippen LogP contribution in [-0.2, 0) is 6.42 Å². The predicted octanol–water partition coefficient (Wildman–Crippen LogP) is 5.74. The second-order valence-electron chi connectivity index (χ2n) is 7.44. The van der Waals surface area contributed by atoms with Crippen molar-refractivity contribution < 1.29 is 8.78 Å². The van der Waals surface area contributed by atoms with E-state index in [2.05, 4.69) is 41.9 Å². The highest BCUT2D eigenvalue weighted by Gasteiger charge is 2.11. The molecule has 0 unspecified atom stereocenters. The lowest BCUT2D eigenvalue weighted by molar-refractivity contribution is 0.149. The van der Waals surface area contributed by atoms with Gasteiger partial charge >= 0.3 is 0 Å². The Morgan fingerprint density at radius 2 is 1.94 bits per heavy atom. The minimum absolute atomic E-state index is 0.251. The van der Waals surface area contributed by atoms with Gasteiger partial charge in [0.25, 0.3) is 0 Å². The van der Waals surface area contributed by atoms with Gasteiger partial charge in [0, 0.05) is 35.3 Å². The molecule has 1 aromatic heterocycles. The van der Waals surface area contributed by atoms with Gasteiger partial charge in [0.15, 0.2) is 0 Å². The van der Waals surface area contributed by atoms with E-state index in [0.717, 1.165) is 60.2 Å². The Labute approximate surface area is 183 Å². The fourth-order valence-electron chi connectivity index (χ4n) is 3.30. The molecule has 0 saturated heterocycles. The lowest BCUT2D eigenvalue weighted by Gasteiger charge is -2.13. The number of hydrogen-bond acceptors (Lipinski definition) is 3. The fourth-order valence-corrected chi connectivity index (χ4v) is 3.30. The summed E-state index contributed by atoms with van der Waals surface area (Å²) in [5, 5.41) is 7.30. The van der Waals surface area contributed by atoms with E-state index in [9.17, 15) is 8.78 Å². The van der Waals surface area contributed by atoms with E-state index < -0.39 is 6.43 Å². The van der Waals surface area contributed by atoms with Crippen LogP contribution in [0.15, 0.2) is 79.8 Å². The van der Waals surface area contributed by atoms with E-state index >= 15 is 0 Å². The maximum atomic E-state index is 12.8. The summed E-state index contributed by atoms with van der Waals surface area (Å²) in [7, 11) is 0. The smallest absolute Gasteiger partial charge is 0.242 e. The molecule has 0 spiro atoms. The molecule has 4 nitrogen and oxygen atoms in total. The van der Waals surface area contributed by atoms with Crippen LogP contribution in [0.1, 0.15) is 36.9 Å². The molecule has 0 aliphatic heterocycles. The van der Waals surface area contributed by atoms with Gasteiger partial charge in [-0.15, -0.1) is 0 Å². The van der Waals surface area contributed by atoms with Crippen molar-refractivity contribution in [1.29, 1.82) is 0 Å². The zero-order chi connectivity index (χ0) is 22.8. The van der Waals surface area contributed by atoms with Crippen LogP contribution in [-0.4, -0.2) is 18.0 Å². The summed E-state index contributed by atoms with van der Waals surface area (Å²) in [6, 6.07) is 7.30. The molecule has 2 aromatic rings. The Bertz CT molecular complexity index is 969. The van der Waals surface area contributed by atoms with E-state index in [-0.39, 0.29) is 6.42 Å². The van der Waals surface area contributed by atoms with Crippen molar-refractivity contribution in [3.63, 3.8) is 0 Å². The second kappa shape index (κ2) is 11.8. The largest absolute Gasteiger partial charge is 0.398 e. The molecule has 166 valence electrons. The average molecular weight is 427 g/mol. The number of nitrogens with one attached hydrogen (secondary N) is 3. The highest BCUT2D eigenvalue weighted by molar-refractivity contribution is 5.87. The predicted molar refractivity (Wildman–Crippen MR) is 127 cm³/mol. The number of allylic oxidation sites excluding steroid dienone is 3. The molecule has 0 aliphatic carbocycles. The van der Waals surface area contributed by atoms with E-state index in [1.807, 2.05) is 12.1 Å². The quantitative estimate of drug-likeness (QED) is 0.230. The van der Waals surface area contributed by atoms with Gasteiger partial charge in [0.1, 0.15) is 0 Å². The fraction of sp³-hybridized carbons (Fsp3) is 0.280. The third-order valence-electron chi connectivity index (χ3n) is 4.89. The highest BCUT2D eigenvalue weighted by Crippen LogP contribution is 2.24. The average Bonchev–Trinajstić information content (AvgIpc) is 3.15. The minimum atomic E-state index is -2.37. The number of unbranched alkanes of at least 4 members (excludes halogenated alkanes) is 2. The van der Waals surface area contributed by atoms with Gasteiger partial charge < -0.3 is 21.4 Å². The van der Waals surface area contributed by atoms with Crippen LogP contribution in [0.4, 0.5) is 8.78 Å². The summed E-state index contributed by atoms with van der Waals surface area (Å²) in [5.41, 5.74) is 10.8. The minimum Gasteiger partial charge on any atom is -0.398 e. The van der Waals surface area contributed by atoms with E-state index in [0.29, 0.717) is 17.0 Å². The van der Waals surface area contributed by atoms with E-state index in [4.69, 9.17) is 5.73 Å². The molecule has 5 N–H and O–H groups in total. The molecular formula is C25H32F2N4. The Morgan fingerprint density at radius 3 is 2.61 bits per heavy atom. The summed E-state index contributed by atoms with van der Waals surface area (Å²) in [4.78, 5) is 3.26. The summed E-state index contributed by atoms with van der Waals surface area (Å²) in [5.74, 6) is 0. The highest BCUT2D eigenvalue weighted by atomic mass is 19.3. The third kappa shape index (κ3) is 7.48. The number of nitrogens with two attached hydrogens (primary N) is 1. The van der Waals surface area contributed by atoms with Crippen LogP contribution >= 0.6 is 0 Å². The van der Waals surface area contributed by atoms with Gasteiger partial charge in [-0.2, -0.15) is 0 Å². The number of alkyl halides is 2. The third-order valence-corrected chi connectivity index (χ3v) is 4.89. The molecule has 2 rings (SSSR count). The van der Waals surface area contributed by atoms with Crippen molar-refractivity contribution in [3.05, 3.63) is 91.1 Å². The number of hydrogen-bond donors (Lipinski definition) is 4. The molecule has 0 atom stereocenters. The maximum absolute atomic E-state index is 12.8. The zero-order valence-electron chi connectivity index (χ0n) is 17.9. The van der Waals surface area contributed by atoms with Gasteiger partial charge in [-0.05, 0) is 43.0 Å². The van der Waals surface area contributed by atoms with Gasteiger partial charge in [-0.1, -0.05) is 50.9 Å². The first-order valence-electron chi connectivity index (χ1n) is 10.4. The van der Waals surface area contributed by atoms with E-state index in [1.165, 1.54) is 0 Å². The SMILES string of the molecule is C=C/C=C(/NC(=C)CCCCCNC(=C)c1cc2c(CC(F)F)cccc2[nH]1)C(=C)N. The van der Waals surface area contributed by atoms with Crippen LogP contribution < -0.4 is 16.4 Å². The number of aromatic amines is 1. The number of H-pyrrole nitrogens is 1. The van der Waals surface area contributed by atoms with E-state index in [1.54, 1.807) is 24.3 Å². The first-order valence-corrected chi connectivity index (χ1v) is 10.4. The monoisotopic (exact) mass is 426 g/mol. The Balaban J connectivity index is 1.75. The topological polar surface area (TPSA) is 65.9 Å². The normalized spacial score (nSPS) is 11.5. The number of fused-ring (bicyclic) bond motifs is 1. The standard InChI is InChI=1S/C25H32F2N4/c1-5-10-22(18(3)28)30-17(2)11-7-6-8-14-29-19(4)24-16-21-20(15-25(26)27)12-9-13-23(21)31-24/h5,9-10,12-13,16,25,29-31H,1-4,6-8,11,14-15,28H2/b22-10+. The molecule has 0 saturated carbocycles. The molecule has 0 bridgehead atoms. The maximum Gasteiger partial charge on any atom is 0.242 e. The molecule has 0 aliphatic rings. The Morgan fingerprint density at radius 1 is 1.16 bits per heavy atom. The van der Waals surface area contributed by atoms with Gasteiger partial charge in [-0.25, -0.2) is 8.78 Å². The zero-order valence-corrected chi connectivity index (χ0v) is 17.9. The Kier molecular flexibility index (Phi) is 9.13. The molecule has 0 amide bonds. The van der Waals surface area contributed by atoms with Crippen molar-refractivity contribution >= 4 is 16.6 Å². The van der Waals surface area contributed by atoms with Crippen molar-refractivity contribution in [3.8, 4) is 0 Å². The van der Waals surface area contributed by atoms with Gasteiger partial charge in [0.2, 0.25) is 6.43 Å². The summed E-state index contributed by atoms with van der Waals surface area (Å²) >= 11 is 0. The van der Waals surface area contributed by atoms with Crippen molar-refractivity contribution in [2.75, 3.05) is 6.54 Å². The van der Waals surface area contributed by atoms with Gasteiger partial charge in [-0.3, -0.25) is 0 Å². The lowest BCUT2D eigenvalue weighted by Crippen LogP contribution is -2.17. The molecule has 31 heavy (non-hydrogen) atoms.